The summed E-state index contributed by atoms with van der Waals surface area (Å²) in [4.78, 5) is 0. The summed E-state index contributed by atoms with van der Waals surface area (Å²) in [6.45, 7) is 7.24. The third kappa shape index (κ3) is 3.70. The highest BCUT2D eigenvalue weighted by Gasteiger charge is 2.46. The van der Waals surface area contributed by atoms with Crippen LogP contribution in [0.5, 0.6) is 5.75 Å². The van der Waals surface area contributed by atoms with Crippen LogP contribution in [0, 0.1) is 5.92 Å². The quantitative estimate of drug-likeness (QED) is 0.187. The van der Waals surface area contributed by atoms with Crippen molar-refractivity contribution in [1.82, 2.24) is 4.57 Å². The predicted octanol–water partition coefficient (Wildman–Crippen LogP) is 12.2. The van der Waals surface area contributed by atoms with Crippen LogP contribution in [-0.2, 0) is 5.41 Å². The van der Waals surface area contributed by atoms with Crippen LogP contribution in [0.3, 0.4) is 0 Å². The van der Waals surface area contributed by atoms with E-state index in [9.17, 15) is 0 Å². The van der Waals surface area contributed by atoms with Gasteiger partial charge in [0.15, 0.2) is 0 Å². The Morgan fingerprint density at radius 1 is 0.820 bits per heavy atom. The summed E-state index contributed by atoms with van der Waals surface area (Å²) in [6, 6.07) is 30.5. The van der Waals surface area contributed by atoms with Gasteiger partial charge in [0, 0.05) is 56.1 Å². The number of hydrogen-bond acceptors (Lipinski definition) is 2. The Morgan fingerprint density at radius 3 is 2.56 bits per heavy atom. The second kappa shape index (κ2) is 10.0. The van der Waals surface area contributed by atoms with E-state index >= 15 is 0 Å². The predicted molar refractivity (Wildman–Crippen MR) is 205 cm³/mol. The summed E-state index contributed by atoms with van der Waals surface area (Å²) in [5.41, 5.74) is 15.1. The largest absolute Gasteiger partial charge is 0.460 e. The van der Waals surface area contributed by atoms with Gasteiger partial charge >= 0.3 is 0 Å². The highest BCUT2D eigenvalue weighted by atomic mass is 16.5. The summed E-state index contributed by atoms with van der Waals surface area (Å²) in [6.07, 6.45) is 18.5. The number of ether oxygens (including phenoxy) is 1. The lowest BCUT2D eigenvalue weighted by molar-refractivity contribution is 0.417. The molecule has 0 spiro atoms. The maximum atomic E-state index is 6.58. The van der Waals surface area contributed by atoms with Gasteiger partial charge in [-0.05, 0) is 82.9 Å². The molecule has 0 fully saturated rings. The summed E-state index contributed by atoms with van der Waals surface area (Å²) in [5, 5.41) is 3.79. The van der Waals surface area contributed by atoms with Crippen molar-refractivity contribution in [3.63, 3.8) is 0 Å². The van der Waals surface area contributed by atoms with Gasteiger partial charge in [0.05, 0.1) is 5.52 Å². The molecular formula is C47H37NO2. The van der Waals surface area contributed by atoms with E-state index in [1.54, 1.807) is 0 Å². The monoisotopic (exact) mass is 647 g/mol. The minimum absolute atomic E-state index is 0.0675. The number of fused-ring (bicyclic) bond motifs is 13. The molecule has 0 radical (unpaired) electrons. The van der Waals surface area contributed by atoms with Gasteiger partial charge in [-0.15, -0.1) is 0 Å². The Balaban J connectivity index is 1.07. The molecule has 4 aromatic carbocycles. The smallest absolute Gasteiger partial charge is 0.135 e. The molecule has 6 aromatic rings. The number of nitrogens with zero attached hydrogens (tertiary/aromatic N) is 1. The number of para-hydroxylation sites is 3. The van der Waals surface area contributed by atoms with Crippen LogP contribution in [0.15, 0.2) is 143 Å². The van der Waals surface area contributed by atoms with Crippen molar-refractivity contribution in [3.05, 3.63) is 166 Å². The first kappa shape index (κ1) is 28.3. The van der Waals surface area contributed by atoms with Gasteiger partial charge in [-0.25, -0.2) is 0 Å². The van der Waals surface area contributed by atoms with Crippen molar-refractivity contribution in [3.8, 4) is 5.75 Å². The lowest BCUT2D eigenvalue weighted by atomic mass is 9.73. The summed E-state index contributed by atoms with van der Waals surface area (Å²) in [7, 11) is 0. The lowest BCUT2D eigenvalue weighted by Crippen LogP contribution is -2.26. The van der Waals surface area contributed by atoms with Crippen LogP contribution >= 0.6 is 0 Å². The molecule has 242 valence electrons. The third-order valence-corrected chi connectivity index (χ3v) is 12.2. The fourth-order valence-corrected chi connectivity index (χ4v) is 9.89. The number of benzene rings is 4. The Kier molecular flexibility index (Phi) is 5.67. The highest BCUT2D eigenvalue weighted by molar-refractivity contribution is 6.10. The first-order chi connectivity index (χ1) is 24.5. The molecule has 3 nitrogen and oxygen atoms in total. The van der Waals surface area contributed by atoms with E-state index in [-0.39, 0.29) is 17.3 Å². The van der Waals surface area contributed by atoms with Crippen molar-refractivity contribution in [2.24, 2.45) is 5.92 Å². The molecule has 50 heavy (non-hydrogen) atoms. The fraction of sp³-hybridized carbons (Fsp3) is 0.191. The molecule has 2 unspecified atom stereocenters. The van der Waals surface area contributed by atoms with E-state index in [1.807, 2.05) is 0 Å². The Labute approximate surface area is 291 Å². The van der Waals surface area contributed by atoms with Gasteiger partial charge in [0.25, 0.3) is 0 Å². The van der Waals surface area contributed by atoms with Gasteiger partial charge in [-0.1, -0.05) is 112 Å². The third-order valence-electron chi connectivity index (χ3n) is 12.2. The van der Waals surface area contributed by atoms with Gasteiger partial charge < -0.3 is 13.7 Å². The Morgan fingerprint density at radius 2 is 1.64 bits per heavy atom. The van der Waals surface area contributed by atoms with Crippen LogP contribution in [0.25, 0.3) is 50.2 Å². The van der Waals surface area contributed by atoms with E-state index in [0.717, 1.165) is 35.5 Å². The first-order valence-corrected chi connectivity index (χ1v) is 18.0. The molecule has 11 rings (SSSR count). The second-order valence-electron chi connectivity index (χ2n) is 15.2. The van der Waals surface area contributed by atoms with Gasteiger partial charge in [0.1, 0.15) is 22.7 Å². The zero-order chi connectivity index (χ0) is 33.3. The van der Waals surface area contributed by atoms with E-state index < -0.39 is 0 Å². The highest BCUT2D eigenvalue weighted by Crippen LogP contribution is 2.58. The molecule has 3 heteroatoms. The van der Waals surface area contributed by atoms with Crippen LogP contribution in [0.4, 0.5) is 0 Å². The molecule has 0 bridgehead atoms. The van der Waals surface area contributed by atoms with E-state index in [0.29, 0.717) is 5.92 Å². The molecular weight excluding hydrogens is 611 g/mol. The molecule has 4 aliphatic carbocycles. The van der Waals surface area contributed by atoms with Crippen LogP contribution in [0.2, 0.25) is 0 Å². The van der Waals surface area contributed by atoms with Crippen molar-refractivity contribution >= 4 is 50.2 Å². The molecule has 0 amide bonds. The van der Waals surface area contributed by atoms with Gasteiger partial charge in [-0.2, -0.15) is 0 Å². The number of rotatable bonds is 2. The van der Waals surface area contributed by atoms with Crippen LogP contribution in [-0.4, -0.2) is 4.57 Å². The van der Waals surface area contributed by atoms with Crippen molar-refractivity contribution in [1.29, 1.82) is 0 Å². The number of aromatic nitrogens is 1. The molecule has 3 heterocycles. The number of hydrogen-bond donors (Lipinski definition) is 0. The summed E-state index contributed by atoms with van der Waals surface area (Å²) >= 11 is 0. The minimum Gasteiger partial charge on any atom is -0.460 e. The van der Waals surface area contributed by atoms with E-state index in [2.05, 4.69) is 153 Å². The molecule has 1 aliphatic heterocycles. The first-order valence-electron chi connectivity index (χ1n) is 18.0. The lowest BCUT2D eigenvalue weighted by Gasteiger charge is -2.33. The zero-order valence-corrected chi connectivity index (χ0v) is 28.5. The molecule has 3 atom stereocenters. The Bertz CT molecular complexity index is 2680. The standard InChI is InChI=1S/C47H37NO2/c1-27-19-20-28(30-14-10-15-35-33-12-5-8-17-40(33)50-46(30)35)25-37-32-11-4-7-16-39(32)48(45(27)37)29-21-22-31-34-23-24-42-43(36-13-6-9-18-41(36)49-42)44(34)47(2,3)38(31)26-29/h4-14,16-25,27,35,38H,15,26H2,1-3H3/t27-,35?,38?/m0/s1. The van der Waals surface area contributed by atoms with E-state index in [4.69, 9.17) is 9.15 Å². The average Bonchev–Trinajstić information content (AvgIpc) is 3.83. The molecule has 5 aliphatic rings. The molecule has 0 saturated carbocycles. The molecule has 0 N–H and O–H groups in total. The average molecular weight is 648 g/mol. The summed E-state index contributed by atoms with van der Waals surface area (Å²) in [5.74, 6) is 2.93. The van der Waals surface area contributed by atoms with Crippen molar-refractivity contribution in [2.45, 2.75) is 50.9 Å². The Hall–Kier alpha value is -5.54. The maximum Gasteiger partial charge on any atom is 0.135 e. The number of furan rings is 1. The molecule has 0 saturated heterocycles. The van der Waals surface area contributed by atoms with Crippen LogP contribution < -0.4 is 4.74 Å². The van der Waals surface area contributed by atoms with Crippen molar-refractivity contribution in [2.75, 3.05) is 0 Å². The fourth-order valence-electron chi connectivity index (χ4n) is 9.89. The van der Waals surface area contributed by atoms with Crippen LogP contribution in [0.1, 0.15) is 73.4 Å². The number of allylic oxidation sites excluding steroid dienone is 11. The minimum atomic E-state index is -0.0675. The van der Waals surface area contributed by atoms with Gasteiger partial charge in [0.2, 0.25) is 0 Å². The van der Waals surface area contributed by atoms with Crippen molar-refractivity contribution < 1.29 is 9.15 Å². The summed E-state index contributed by atoms with van der Waals surface area (Å²) < 4.78 is 15.5. The normalized spacial score (nSPS) is 22.8. The second-order valence-corrected chi connectivity index (χ2v) is 15.2. The SMILES string of the molecule is C[C@H]1C=CC(C2=C3Oc4ccccc4C3CC=C2)=Cc2c1n(C1=CC=C3c4ccc5oc6ccccc6c5c4C(C)(C)C3C1)c1ccccc21. The molecule has 2 aromatic heterocycles. The zero-order valence-electron chi connectivity index (χ0n) is 28.5. The maximum absolute atomic E-state index is 6.58. The van der Waals surface area contributed by atoms with Gasteiger partial charge in [-0.3, -0.25) is 0 Å². The topological polar surface area (TPSA) is 27.3 Å². The van der Waals surface area contributed by atoms with E-state index in [1.165, 1.54) is 72.0 Å².